The molecule has 116 valence electrons. The van der Waals surface area contributed by atoms with Gasteiger partial charge in [0, 0.05) is 16.3 Å². The number of thiophene rings is 1. The molecule has 0 amide bonds. The van der Waals surface area contributed by atoms with E-state index in [1.54, 1.807) is 24.6 Å². The number of hydrogen-bond acceptors (Lipinski definition) is 5. The lowest BCUT2D eigenvalue weighted by atomic mass is 10.1. The third-order valence-corrected chi connectivity index (χ3v) is 4.85. The normalized spacial score (nSPS) is 12.9. The summed E-state index contributed by atoms with van der Waals surface area (Å²) in [4.78, 5) is 4.58. The molecule has 0 radical (unpaired) electrons. The molecule has 21 heavy (non-hydrogen) atoms. The van der Waals surface area contributed by atoms with Gasteiger partial charge >= 0.3 is 0 Å². The van der Waals surface area contributed by atoms with Crippen molar-refractivity contribution < 1.29 is 4.74 Å². The third kappa shape index (κ3) is 3.45. The number of methoxy groups -OCH3 is 1. The van der Waals surface area contributed by atoms with Crippen LogP contribution in [0.25, 0.3) is 0 Å². The summed E-state index contributed by atoms with van der Waals surface area (Å²) in [7, 11) is 5.76. The molecule has 0 aromatic carbocycles. The summed E-state index contributed by atoms with van der Waals surface area (Å²) < 4.78 is 7.39. The summed E-state index contributed by atoms with van der Waals surface area (Å²) in [5, 5.41) is 4.42. The van der Waals surface area contributed by atoms with Gasteiger partial charge in [0.05, 0.1) is 25.9 Å². The lowest BCUT2D eigenvalue weighted by molar-refractivity contribution is 0.363. The fourth-order valence-electron chi connectivity index (χ4n) is 2.21. The van der Waals surface area contributed by atoms with Crippen molar-refractivity contribution in [2.24, 2.45) is 5.73 Å². The first kappa shape index (κ1) is 16.0. The molecule has 0 bridgehead atoms. The average molecular weight is 308 g/mol. The molecule has 2 aromatic heterocycles. The molecule has 0 fully saturated rings. The van der Waals surface area contributed by atoms with E-state index in [0.717, 1.165) is 29.4 Å². The molecule has 0 aliphatic carbocycles. The van der Waals surface area contributed by atoms with E-state index in [1.165, 1.54) is 10.4 Å². The molecule has 0 aliphatic rings. The van der Waals surface area contributed by atoms with E-state index in [2.05, 4.69) is 29.9 Å². The van der Waals surface area contributed by atoms with Crippen LogP contribution in [0.1, 0.15) is 27.1 Å². The maximum Gasteiger partial charge on any atom is 0.161 e. The number of nitrogens with two attached hydrogens (primary N) is 1. The number of aryl methyl sites for hydroxylation is 2. The van der Waals surface area contributed by atoms with E-state index < -0.39 is 0 Å². The molecular weight excluding hydrogens is 284 g/mol. The molecule has 1 atom stereocenters. The van der Waals surface area contributed by atoms with Crippen molar-refractivity contribution in [1.82, 2.24) is 14.7 Å². The van der Waals surface area contributed by atoms with Gasteiger partial charge in [-0.2, -0.15) is 5.10 Å². The van der Waals surface area contributed by atoms with E-state index in [9.17, 15) is 0 Å². The number of nitrogens with zero attached hydrogens (tertiary/aromatic N) is 3. The Morgan fingerprint density at radius 3 is 2.67 bits per heavy atom. The molecule has 5 nitrogen and oxygen atoms in total. The first-order chi connectivity index (χ1) is 9.93. The second kappa shape index (κ2) is 6.60. The van der Waals surface area contributed by atoms with Gasteiger partial charge in [-0.3, -0.25) is 4.68 Å². The quantitative estimate of drug-likeness (QED) is 0.888. The summed E-state index contributed by atoms with van der Waals surface area (Å²) in [5.41, 5.74) is 8.71. The molecule has 2 heterocycles. The van der Waals surface area contributed by atoms with Crippen LogP contribution in [0.3, 0.4) is 0 Å². The minimum absolute atomic E-state index is 0.206. The standard InChI is InChI=1S/C15H24N4OS/c1-10-8-13(21-11(10)2)14(16)15-12(20-5)9-17-19(15)7-6-18(3)4/h8-9,14H,6-7,16H2,1-5H3. The first-order valence-corrected chi connectivity index (χ1v) is 7.82. The van der Waals surface area contributed by atoms with Crippen LogP contribution in [0.4, 0.5) is 0 Å². The number of likely N-dealkylation sites (N-methyl/N-ethyl adjacent to an activating group) is 1. The number of aromatic nitrogens is 2. The molecule has 2 rings (SSSR count). The van der Waals surface area contributed by atoms with Crippen molar-refractivity contribution in [2.75, 3.05) is 27.7 Å². The molecule has 0 aliphatic heterocycles. The minimum Gasteiger partial charge on any atom is -0.493 e. The Kier molecular flexibility index (Phi) is 5.03. The van der Waals surface area contributed by atoms with Gasteiger partial charge in [-0.25, -0.2) is 0 Å². The Hall–Kier alpha value is -1.37. The third-order valence-electron chi connectivity index (χ3n) is 3.61. The summed E-state index contributed by atoms with van der Waals surface area (Å²) in [6.07, 6.45) is 1.75. The minimum atomic E-state index is -0.206. The van der Waals surface area contributed by atoms with Gasteiger partial charge in [0.2, 0.25) is 0 Å². The maximum absolute atomic E-state index is 6.48. The van der Waals surface area contributed by atoms with Crippen LogP contribution in [-0.2, 0) is 6.54 Å². The van der Waals surface area contributed by atoms with Gasteiger partial charge < -0.3 is 15.4 Å². The molecule has 0 spiro atoms. The highest BCUT2D eigenvalue weighted by Gasteiger charge is 2.22. The maximum atomic E-state index is 6.48. The molecule has 0 saturated heterocycles. The highest BCUT2D eigenvalue weighted by Crippen LogP contribution is 2.33. The molecule has 6 heteroatoms. The SMILES string of the molecule is COc1cnn(CCN(C)C)c1C(N)c1cc(C)c(C)s1. The van der Waals surface area contributed by atoms with Crippen LogP contribution in [0.2, 0.25) is 0 Å². The van der Waals surface area contributed by atoms with E-state index in [-0.39, 0.29) is 6.04 Å². The fourth-order valence-corrected chi connectivity index (χ4v) is 3.26. The molecule has 0 saturated carbocycles. The van der Waals surface area contributed by atoms with Gasteiger partial charge in [-0.1, -0.05) is 0 Å². The lowest BCUT2D eigenvalue weighted by Gasteiger charge is -2.16. The van der Waals surface area contributed by atoms with Crippen molar-refractivity contribution in [1.29, 1.82) is 0 Å². The zero-order valence-electron chi connectivity index (χ0n) is 13.4. The van der Waals surface area contributed by atoms with Gasteiger partial charge in [-0.05, 0) is 39.6 Å². The Bertz CT molecular complexity index is 583. The summed E-state index contributed by atoms with van der Waals surface area (Å²) in [6, 6.07) is 1.95. The van der Waals surface area contributed by atoms with Gasteiger partial charge in [0.1, 0.15) is 5.69 Å². The summed E-state index contributed by atoms with van der Waals surface area (Å²) in [5.74, 6) is 0.755. The largest absolute Gasteiger partial charge is 0.493 e. The number of rotatable bonds is 6. The van der Waals surface area contributed by atoms with Gasteiger partial charge in [0.15, 0.2) is 5.75 Å². The van der Waals surface area contributed by atoms with Crippen molar-refractivity contribution in [3.05, 3.63) is 33.3 Å². The first-order valence-electron chi connectivity index (χ1n) is 7.01. The molecule has 2 aromatic rings. The van der Waals surface area contributed by atoms with Crippen LogP contribution in [0.15, 0.2) is 12.3 Å². The molecule has 2 N–H and O–H groups in total. The van der Waals surface area contributed by atoms with E-state index in [1.807, 2.05) is 18.8 Å². The van der Waals surface area contributed by atoms with Crippen LogP contribution in [0, 0.1) is 13.8 Å². The van der Waals surface area contributed by atoms with E-state index in [0.29, 0.717) is 0 Å². The Morgan fingerprint density at radius 1 is 1.43 bits per heavy atom. The van der Waals surface area contributed by atoms with Crippen LogP contribution < -0.4 is 10.5 Å². The van der Waals surface area contributed by atoms with Crippen molar-refractivity contribution in [3.63, 3.8) is 0 Å². The van der Waals surface area contributed by atoms with Crippen molar-refractivity contribution >= 4 is 11.3 Å². The van der Waals surface area contributed by atoms with Crippen molar-refractivity contribution in [2.45, 2.75) is 26.4 Å². The van der Waals surface area contributed by atoms with E-state index >= 15 is 0 Å². The monoisotopic (exact) mass is 308 g/mol. The van der Waals surface area contributed by atoms with Gasteiger partial charge in [-0.15, -0.1) is 11.3 Å². The second-order valence-corrected chi connectivity index (χ2v) is 6.78. The zero-order chi connectivity index (χ0) is 15.6. The highest BCUT2D eigenvalue weighted by molar-refractivity contribution is 7.12. The average Bonchev–Trinajstić information content (AvgIpc) is 2.99. The molecule has 1 unspecified atom stereocenters. The fraction of sp³-hybridized carbons (Fsp3) is 0.533. The summed E-state index contributed by atoms with van der Waals surface area (Å²) >= 11 is 1.74. The topological polar surface area (TPSA) is 56.3 Å². The molecular formula is C15H24N4OS. The van der Waals surface area contributed by atoms with Crippen LogP contribution in [0.5, 0.6) is 5.75 Å². The lowest BCUT2D eigenvalue weighted by Crippen LogP contribution is -2.23. The van der Waals surface area contributed by atoms with Crippen LogP contribution in [-0.4, -0.2) is 42.4 Å². The van der Waals surface area contributed by atoms with Crippen molar-refractivity contribution in [3.8, 4) is 5.75 Å². The van der Waals surface area contributed by atoms with E-state index in [4.69, 9.17) is 10.5 Å². The predicted molar refractivity (Wildman–Crippen MR) is 87.2 cm³/mol. The number of hydrogen-bond donors (Lipinski definition) is 1. The second-order valence-electron chi connectivity index (χ2n) is 5.49. The highest BCUT2D eigenvalue weighted by atomic mass is 32.1. The summed E-state index contributed by atoms with van der Waals surface area (Å²) in [6.45, 7) is 5.94. The predicted octanol–water partition coefficient (Wildman–Crippen LogP) is 2.18. The zero-order valence-corrected chi connectivity index (χ0v) is 14.2. The number of ether oxygens (including phenoxy) is 1. The Labute approximate surface area is 130 Å². The Balaban J connectivity index is 2.33. The smallest absolute Gasteiger partial charge is 0.161 e. The van der Waals surface area contributed by atoms with Crippen LogP contribution >= 0.6 is 11.3 Å². The Morgan fingerprint density at radius 2 is 2.14 bits per heavy atom. The van der Waals surface area contributed by atoms with Gasteiger partial charge in [0.25, 0.3) is 0 Å².